The molecule has 0 spiro atoms. The first-order valence-corrected chi connectivity index (χ1v) is 15.5. The summed E-state index contributed by atoms with van der Waals surface area (Å²) in [5, 5.41) is 18.1. The molecule has 2 aromatic carbocycles. The molecule has 2 fully saturated rings. The average Bonchev–Trinajstić information content (AvgIpc) is 3.33. The van der Waals surface area contributed by atoms with E-state index in [4.69, 9.17) is 37.4 Å². The molecule has 3 aromatic rings. The first-order valence-electron chi connectivity index (χ1n) is 14.8. The van der Waals surface area contributed by atoms with Crippen LogP contribution in [0.4, 0.5) is 11.6 Å². The number of hydrogen-bond donors (Lipinski definition) is 3. The first-order chi connectivity index (χ1) is 21.3. The fourth-order valence-electron chi connectivity index (χ4n) is 6.10. The van der Waals surface area contributed by atoms with Gasteiger partial charge in [0.05, 0.1) is 29.6 Å². The lowest BCUT2D eigenvalue weighted by Crippen LogP contribution is -2.48. The summed E-state index contributed by atoms with van der Waals surface area (Å²) < 4.78 is 17.1. The standard InChI is InChI=1S/C31H36Cl2N6O5/c1-38-17-18-4-3-5-25(27(18)30(38)41)44-29-23(33)16-34-31(37-29)36-24-15-22(32)21(14-26(24)42-2)28(40)35-19-6-10-39(11-7-19)20-8-12-43-13-9-20/h3-5,14-16,19-20,28,35,40H,6-13,17H2,1-2H3,(H,34,36,37). The van der Waals surface area contributed by atoms with E-state index in [9.17, 15) is 9.90 Å². The van der Waals surface area contributed by atoms with Gasteiger partial charge in [-0.3, -0.25) is 10.1 Å². The Bertz CT molecular complexity index is 1510. The van der Waals surface area contributed by atoms with Crippen molar-refractivity contribution in [3.05, 3.63) is 63.3 Å². The third-order valence-electron chi connectivity index (χ3n) is 8.49. The summed E-state index contributed by atoms with van der Waals surface area (Å²) >= 11 is 13.0. The van der Waals surface area contributed by atoms with Gasteiger partial charge in [0, 0.05) is 44.5 Å². The number of carbonyl (C=O) groups excluding carboxylic acids is 1. The number of likely N-dealkylation sites (tertiary alicyclic amines) is 1. The van der Waals surface area contributed by atoms with E-state index in [0.29, 0.717) is 45.9 Å². The van der Waals surface area contributed by atoms with Crippen LogP contribution in [0.3, 0.4) is 0 Å². The smallest absolute Gasteiger partial charge is 0.258 e. The lowest BCUT2D eigenvalue weighted by atomic mass is 9.99. The summed E-state index contributed by atoms with van der Waals surface area (Å²) in [6, 6.07) is 9.53. The van der Waals surface area contributed by atoms with E-state index in [2.05, 4.69) is 25.5 Å². The van der Waals surface area contributed by atoms with Crippen LogP contribution in [0.1, 0.15) is 53.4 Å². The number of benzene rings is 2. The third kappa shape index (κ3) is 6.58. The number of aliphatic hydroxyl groups is 1. The Morgan fingerprint density at radius 3 is 2.61 bits per heavy atom. The normalized spacial score (nSPS) is 18.8. The van der Waals surface area contributed by atoms with Crippen molar-refractivity contribution in [2.75, 3.05) is 45.8 Å². The minimum atomic E-state index is -0.966. The maximum absolute atomic E-state index is 12.7. The number of hydrogen-bond acceptors (Lipinski definition) is 10. The molecule has 1 aromatic heterocycles. The van der Waals surface area contributed by atoms with Gasteiger partial charge in [-0.05, 0) is 62.5 Å². The number of aromatic nitrogens is 2. The monoisotopic (exact) mass is 642 g/mol. The summed E-state index contributed by atoms with van der Waals surface area (Å²) in [4.78, 5) is 25.6. The predicted molar refractivity (Wildman–Crippen MR) is 167 cm³/mol. The number of halogens is 2. The van der Waals surface area contributed by atoms with E-state index in [1.54, 1.807) is 30.1 Å². The fraction of sp³-hybridized carbons (Fsp3) is 0.452. The summed E-state index contributed by atoms with van der Waals surface area (Å²) in [7, 11) is 3.27. The Kier molecular flexibility index (Phi) is 9.41. The number of nitrogens with zero attached hydrogens (tertiary/aromatic N) is 4. The van der Waals surface area contributed by atoms with Gasteiger partial charge in [-0.2, -0.15) is 4.98 Å². The van der Waals surface area contributed by atoms with Crippen LogP contribution in [0.5, 0.6) is 17.4 Å². The Morgan fingerprint density at radius 2 is 1.86 bits per heavy atom. The maximum atomic E-state index is 12.7. The number of ether oxygens (including phenoxy) is 3. The molecule has 13 heteroatoms. The van der Waals surface area contributed by atoms with Gasteiger partial charge in [0.25, 0.3) is 5.91 Å². The SMILES string of the molecule is COc1cc(C(O)NC2CCN(C3CCOCC3)CC2)c(Cl)cc1Nc1ncc(Cl)c(Oc2cccc3c2C(=O)N(C)C3)n1. The molecular weight excluding hydrogens is 607 g/mol. The Balaban J connectivity index is 1.13. The van der Waals surface area contributed by atoms with Gasteiger partial charge in [0.1, 0.15) is 22.7 Å². The second kappa shape index (κ2) is 13.4. The van der Waals surface area contributed by atoms with E-state index < -0.39 is 6.23 Å². The minimum absolute atomic E-state index is 0.0871. The van der Waals surface area contributed by atoms with E-state index in [1.807, 2.05) is 12.1 Å². The van der Waals surface area contributed by atoms with Crippen LogP contribution in [0.15, 0.2) is 36.5 Å². The van der Waals surface area contributed by atoms with Crippen LogP contribution in [0, 0.1) is 0 Å². The van der Waals surface area contributed by atoms with Crippen molar-refractivity contribution in [1.29, 1.82) is 0 Å². The molecule has 0 saturated carbocycles. The zero-order valence-electron chi connectivity index (χ0n) is 24.7. The molecule has 3 N–H and O–H groups in total. The highest BCUT2D eigenvalue weighted by Gasteiger charge is 2.30. The predicted octanol–water partition coefficient (Wildman–Crippen LogP) is 5.14. The van der Waals surface area contributed by atoms with Crippen molar-refractivity contribution in [2.45, 2.75) is 50.5 Å². The van der Waals surface area contributed by atoms with Crippen LogP contribution < -0.4 is 20.1 Å². The van der Waals surface area contributed by atoms with Crippen LogP contribution in [0.25, 0.3) is 0 Å². The molecule has 11 nitrogen and oxygen atoms in total. The van der Waals surface area contributed by atoms with E-state index in [1.165, 1.54) is 13.3 Å². The topological polar surface area (TPSA) is 121 Å². The van der Waals surface area contributed by atoms with Crippen molar-refractivity contribution in [1.82, 2.24) is 25.1 Å². The Morgan fingerprint density at radius 1 is 1.09 bits per heavy atom. The van der Waals surface area contributed by atoms with Crippen LogP contribution in [-0.4, -0.2) is 83.3 Å². The lowest BCUT2D eigenvalue weighted by Gasteiger charge is -2.40. The second-order valence-electron chi connectivity index (χ2n) is 11.3. The Hall–Kier alpha value is -3.19. The molecule has 234 valence electrons. The highest BCUT2D eigenvalue weighted by molar-refractivity contribution is 6.32. The summed E-state index contributed by atoms with van der Waals surface area (Å²) in [6.07, 6.45) is 4.49. The highest BCUT2D eigenvalue weighted by atomic mass is 35.5. The minimum Gasteiger partial charge on any atom is -0.495 e. The van der Waals surface area contributed by atoms with Gasteiger partial charge in [-0.15, -0.1) is 0 Å². The molecule has 0 radical (unpaired) electrons. The van der Waals surface area contributed by atoms with Crippen molar-refractivity contribution in [3.8, 4) is 17.4 Å². The Labute approximate surface area is 266 Å². The number of methoxy groups -OCH3 is 1. The molecule has 1 unspecified atom stereocenters. The number of amides is 1. The average molecular weight is 644 g/mol. The number of fused-ring (bicyclic) bond motifs is 1. The largest absolute Gasteiger partial charge is 0.495 e. The van der Waals surface area contributed by atoms with Gasteiger partial charge in [0.2, 0.25) is 11.8 Å². The van der Waals surface area contributed by atoms with Gasteiger partial charge < -0.3 is 34.4 Å². The van der Waals surface area contributed by atoms with Crippen molar-refractivity contribution >= 4 is 40.7 Å². The number of aliphatic hydroxyl groups excluding tert-OH is 1. The number of rotatable bonds is 9. The summed E-state index contributed by atoms with van der Waals surface area (Å²) in [5.41, 5.74) is 2.36. The molecule has 1 atom stereocenters. The van der Waals surface area contributed by atoms with E-state index in [0.717, 1.165) is 57.6 Å². The summed E-state index contributed by atoms with van der Waals surface area (Å²) in [6.45, 7) is 4.15. The van der Waals surface area contributed by atoms with Crippen molar-refractivity contribution in [3.63, 3.8) is 0 Å². The fourth-order valence-corrected chi connectivity index (χ4v) is 6.50. The van der Waals surface area contributed by atoms with Gasteiger partial charge in [-0.25, -0.2) is 4.98 Å². The maximum Gasteiger partial charge on any atom is 0.258 e. The zero-order chi connectivity index (χ0) is 30.8. The molecule has 2 saturated heterocycles. The van der Waals surface area contributed by atoms with E-state index in [-0.39, 0.29) is 28.8 Å². The van der Waals surface area contributed by atoms with Crippen LogP contribution >= 0.6 is 23.2 Å². The molecule has 3 aliphatic heterocycles. The molecule has 3 aliphatic rings. The molecule has 4 heterocycles. The van der Waals surface area contributed by atoms with Crippen LogP contribution in [-0.2, 0) is 11.3 Å². The number of carbonyl (C=O) groups is 1. The summed E-state index contributed by atoms with van der Waals surface area (Å²) in [5.74, 6) is 0.941. The molecule has 1 amide bonds. The second-order valence-corrected chi connectivity index (χ2v) is 12.1. The zero-order valence-corrected chi connectivity index (χ0v) is 26.2. The quantitative estimate of drug-likeness (QED) is 0.271. The van der Waals surface area contributed by atoms with Crippen molar-refractivity contribution in [2.24, 2.45) is 0 Å². The van der Waals surface area contributed by atoms with Crippen molar-refractivity contribution < 1.29 is 24.1 Å². The van der Waals surface area contributed by atoms with Crippen LogP contribution in [0.2, 0.25) is 10.0 Å². The first kappa shape index (κ1) is 30.8. The number of piperidine rings is 1. The number of anilines is 2. The molecule has 0 aliphatic carbocycles. The van der Waals surface area contributed by atoms with E-state index >= 15 is 0 Å². The van der Waals surface area contributed by atoms with Gasteiger partial charge in [-0.1, -0.05) is 35.3 Å². The molecule has 44 heavy (non-hydrogen) atoms. The molecule has 6 rings (SSSR count). The highest BCUT2D eigenvalue weighted by Crippen LogP contribution is 2.38. The molecular formula is C31H36Cl2N6O5. The molecule has 0 bridgehead atoms. The number of nitrogens with one attached hydrogen (secondary N) is 2. The van der Waals surface area contributed by atoms with Gasteiger partial charge >= 0.3 is 0 Å². The third-order valence-corrected chi connectivity index (χ3v) is 9.08. The lowest BCUT2D eigenvalue weighted by molar-refractivity contribution is 0.0191. The van der Waals surface area contributed by atoms with Gasteiger partial charge in [0.15, 0.2) is 0 Å².